The summed E-state index contributed by atoms with van der Waals surface area (Å²) in [5.41, 5.74) is 1.10. The van der Waals surface area contributed by atoms with Crippen LogP contribution < -0.4 is 0 Å². The number of hydrogen-bond acceptors (Lipinski definition) is 5. The molecule has 0 saturated heterocycles. The highest BCUT2D eigenvalue weighted by Crippen LogP contribution is 2.40. The highest BCUT2D eigenvalue weighted by Gasteiger charge is 2.40. The van der Waals surface area contributed by atoms with Gasteiger partial charge in [0.25, 0.3) is 5.69 Å². The quantitative estimate of drug-likeness (QED) is 0.369. The van der Waals surface area contributed by atoms with Crippen LogP contribution in [0.25, 0.3) is 0 Å². The number of para-hydroxylation sites is 1. The maximum absolute atomic E-state index is 12.1. The number of rotatable bonds is 3. The summed E-state index contributed by atoms with van der Waals surface area (Å²) in [6.07, 6.45) is 1.82. The zero-order valence-electron chi connectivity index (χ0n) is 11.7. The predicted molar refractivity (Wildman–Crippen MR) is 74.7 cm³/mol. The molecule has 6 heteroatoms. The van der Waals surface area contributed by atoms with Gasteiger partial charge in [-0.05, 0) is 19.4 Å². The number of carbonyl (C=O) groups is 2. The topological polar surface area (TPSA) is 86.5 Å². The number of nitro groups is 1. The summed E-state index contributed by atoms with van der Waals surface area (Å²) in [5, 5.41) is 11.2. The summed E-state index contributed by atoms with van der Waals surface area (Å²) in [6, 6.07) is 6.18. The predicted octanol–water partition coefficient (Wildman–Crippen LogP) is 2.39. The van der Waals surface area contributed by atoms with Gasteiger partial charge in [0.15, 0.2) is 5.78 Å². The lowest BCUT2D eigenvalue weighted by Gasteiger charge is -2.27. The zero-order chi connectivity index (χ0) is 15.6. The van der Waals surface area contributed by atoms with Crippen LogP contribution in [-0.2, 0) is 14.3 Å². The molecule has 0 amide bonds. The minimum Gasteiger partial charge on any atom is -0.468 e. The molecule has 0 aliphatic heterocycles. The molecular weight excluding hydrogens is 274 g/mol. The number of nitro benzene ring substituents is 1. The Labute approximate surface area is 121 Å². The van der Waals surface area contributed by atoms with Gasteiger partial charge in [0, 0.05) is 17.5 Å². The Morgan fingerprint density at radius 3 is 2.67 bits per heavy atom. The number of ether oxygens (including phenoxy) is 1. The normalized spacial score (nSPS) is 21.6. The molecule has 0 radical (unpaired) electrons. The first kappa shape index (κ1) is 14.9. The molecule has 21 heavy (non-hydrogen) atoms. The van der Waals surface area contributed by atoms with Crippen LogP contribution in [-0.4, -0.2) is 23.8 Å². The van der Waals surface area contributed by atoms with Gasteiger partial charge >= 0.3 is 5.97 Å². The highest BCUT2D eigenvalue weighted by molar-refractivity contribution is 6.07. The van der Waals surface area contributed by atoms with E-state index >= 15 is 0 Å². The van der Waals surface area contributed by atoms with Crippen molar-refractivity contribution in [2.24, 2.45) is 5.92 Å². The van der Waals surface area contributed by atoms with Crippen molar-refractivity contribution >= 4 is 17.4 Å². The Morgan fingerprint density at radius 2 is 2.05 bits per heavy atom. The molecule has 2 atom stereocenters. The lowest BCUT2D eigenvalue weighted by molar-refractivity contribution is -0.385. The van der Waals surface area contributed by atoms with Gasteiger partial charge in [-0.3, -0.25) is 19.7 Å². The largest absolute Gasteiger partial charge is 0.468 e. The smallest absolute Gasteiger partial charge is 0.317 e. The second-order valence-corrected chi connectivity index (χ2v) is 5.02. The van der Waals surface area contributed by atoms with Gasteiger partial charge in [-0.25, -0.2) is 0 Å². The molecule has 110 valence electrons. The van der Waals surface area contributed by atoms with E-state index in [1.165, 1.54) is 19.3 Å². The summed E-state index contributed by atoms with van der Waals surface area (Å²) in [4.78, 5) is 34.7. The molecule has 1 aromatic rings. The summed E-state index contributed by atoms with van der Waals surface area (Å²) < 4.78 is 4.69. The fourth-order valence-electron chi connectivity index (χ4n) is 2.72. The zero-order valence-corrected chi connectivity index (χ0v) is 11.7. The van der Waals surface area contributed by atoms with Crippen LogP contribution in [0.3, 0.4) is 0 Å². The first-order valence-electron chi connectivity index (χ1n) is 6.48. The molecule has 2 rings (SSSR count). The van der Waals surface area contributed by atoms with Crippen LogP contribution >= 0.6 is 0 Å². The third-order valence-corrected chi connectivity index (χ3v) is 3.63. The number of hydrogen-bond donors (Lipinski definition) is 0. The molecule has 1 aliphatic carbocycles. The van der Waals surface area contributed by atoms with E-state index in [4.69, 9.17) is 0 Å². The Balaban J connectivity index is 2.54. The van der Waals surface area contributed by atoms with Crippen molar-refractivity contribution in [3.8, 4) is 0 Å². The molecule has 1 aromatic carbocycles. The van der Waals surface area contributed by atoms with Crippen LogP contribution in [0.2, 0.25) is 0 Å². The average Bonchev–Trinajstić information content (AvgIpc) is 2.45. The van der Waals surface area contributed by atoms with Gasteiger partial charge in [-0.2, -0.15) is 0 Å². The van der Waals surface area contributed by atoms with Crippen molar-refractivity contribution in [1.82, 2.24) is 0 Å². The van der Waals surface area contributed by atoms with E-state index < -0.39 is 22.7 Å². The van der Waals surface area contributed by atoms with Crippen LogP contribution in [0.15, 0.2) is 35.9 Å². The van der Waals surface area contributed by atoms with E-state index in [2.05, 4.69) is 4.74 Å². The third-order valence-electron chi connectivity index (χ3n) is 3.63. The maximum Gasteiger partial charge on any atom is 0.317 e. The van der Waals surface area contributed by atoms with Crippen molar-refractivity contribution in [3.05, 3.63) is 51.6 Å². The van der Waals surface area contributed by atoms with Gasteiger partial charge < -0.3 is 4.74 Å². The van der Waals surface area contributed by atoms with Crippen molar-refractivity contribution in [3.63, 3.8) is 0 Å². The fourth-order valence-corrected chi connectivity index (χ4v) is 2.72. The van der Waals surface area contributed by atoms with Crippen LogP contribution in [0.1, 0.15) is 24.8 Å². The first-order chi connectivity index (χ1) is 9.95. The number of methoxy groups -OCH3 is 1. The molecule has 0 aromatic heterocycles. The standard InChI is InChI=1S/C15H15NO5/c1-9-7-11(14(13(17)8-9)15(18)21-2)10-5-3-4-6-12(10)16(19)20/h3-6,8,11,14H,7H2,1-2H3. The van der Waals surface area contributed by atoms with Gasteiger partial charge in [-0.1, -0.05) is 23.8 Å². The van der Waals surface area contributed by atoms with Crippen molar-refractivity contribution < 1.29 is 19.2 Å². The molecule has 2 unspecified atom stereocenters. The van der Waals surface area contributed by atoms with Gasteiger partial charge in [0.2, 0.25) is 0 Å². The van der Waals surface area contributed by atoms with E-state index in [0.29, 0.717) is 12.0 Å². The van der Waals surface area contributed by atoms with Gasteiger partial charge in [-0.15, -0.1) is 0 Å². The second kappa shape index (κ2) is 5.87. The van der Waals surface area contributed by atoms with Crippen molar-refractivity contribution in [1.29, 1.82) is 0 Å². The molecule has 0 spiro atoms. The van der Waals surface area contributed by atoms with E-state index in [1.807, 2.05) is 0 Å². The van der Waals surface area contributed by atoms with E-state index in [9.17, 15) is 19.7 Å². The summed E-state index contributed by atoms with van der Waals surface area (Å²) >= 11 is 0. The molecule has 0 N–H and O–H groups in total. The second-order valence-electron chi connectivity index (χ2n) is 5.02. The Morgan fingerprint density at radius 1 is 1.38 bits per heavy atom. The number of carbonyl (C=O) groups excluding carboxylic acids is 2. The van der Waals surface area contributed by atoms with Crippen LogP contribution in [0.5, 0.6) is 0 Å². The molecular formula is C15H15NO5. The third kappa shape index (κ3) is 2.84. The molecule has 1 aliphatic rings. The minimum atomic E-state index is -1.03. The summed E-state index contributed by atoms with van der Waals surface area (Å²) in [7, 11) is 1.21. The Bertz CT molecular complexity index is 635. The van der Waals surface area contributed by atoms with E-state index in [1.54, 1.807) is 25.1 Å². The highest BCUT2D eigenvalue weighted by atomic mass is 16.6. The van der Waals surface area contributed by atoms with Crippen LogP contribution in [0.4, 0.5) is 5.69 Å². The lowest BCUT2D eigenvalue weighted by atomic mass is 9.75. The molecule has 0 fully saturated rings. The summed E-state index contributed by atoms with van der Waals surface area (Å²) in [6.45, 7) is 1.77. The SMILES string of the molecule is COC(=O)C1C(=O)C=C(C)CC1c1ccccc1[N+](=O)[O-]. The number of esters is 1. The summed E-state index contributed by atoms with van der Waals surface area (Å²) in [5.74, 6) is -2.63. The minimum absolute atomic E-state index is 0.0843. The molecule has 6 nitrogen and oxygen atoms in total. The van der Waals surface area contributed by atoms with Gasteiger partial charge in [0.1, 0.15) is 5.92 Å². The molecule has 0 bridgehead atoms. The number of benzene rings is 1. The Hall–Kier alpha value is -2.50. The van der Waals surface area contributed by atoms with E-state index in [-0.39, 0.29) is 11.5 Å². The number of allylic oxidation sites excluding steroid dienone is 2. The monoisotopic (exact) mass is 289 g/mol. The maximum atomic E-state index is 12.1. The van der Waals surface area contributed by atoms with Crippen molar-refractivity contribution in [2.75, 3.05) is 7.11 Å². The van der Waals surface area contributed by atoms with Crippen LogP contribution in [0, 0.1) is 16.0 Å². The van der Waals surface area contributed by atoms with Gasteiger partial charge in [0.05, 0.1) is 12.0 Å². The first-order valence-corrected chi connectivity index (χ1v) is 6.48. The van der Waals surface area contributed by atoms with E-state index in [0.717, 1.165) is 5.57 Å². The average molecular weight is 289 g/mol. The molecule has 0 heterocycles. The lowest BCUT2D eigenvalue weighted by Crippen LogP contribution is -2.33. The number of nitrogens with zero attached hydrogens (tertiary/aromatic N) is 1. The fraction of sp³-hybridized carbons (Fsp3) is 0.333. The van der Waals surface area contributed by atoms with Crippen molar-refractivity contribution in [2.45, 2.75) is 19.3 Å². The molecule has 0 saturated carbocycles. The Kier molecular flexibility index (Phi) is 4.16. The number of ketones is 1.